The molecule has 166 valence electrons. The van der Waals surface area contributed by atoms with Gasteiger partial charge in [-0.15, -0.1) is 12.3 Å². The van der Waals surface area contributed by atoms with Crippen molar-refractivity contribution in [3.63, 3.8) is 0 Å². The van der Waals surface area contributed by atoms with E-state index in [1.807, 2.05) is 0 Å². The Kier molecular flexibility index (Phi) is 9.43. The highest BCUT2D eigenvalue weighted by Gasteiger charge is 2.21. The first-order chi connectivity index (χ1) is 15.5. The number of hydrogen-bond donors (Lipinski definition) is 2. The van der Waals surface area contributed by atoms with E-state index in [-0.39, 0.29) is 19.6 Å². The Bertz CT molecular complexity index is 981. The maximum atomic E-state index is 12.7. The smallest absolute Gasteiger partial charge is 0.167 e. The molecular weight excluding hydrogens is 408 g/mol. The van der Waals surface area contributed by atoms with Crippen LogP contribution in [-0.4, -0.2) is 36.0 Å². The Morgan fingerprint density at radius 1 is 0.906 bits per heavy atom. The van der Waals surface area contributed by atoms with Gasteiger partial charge in [-0.3, -0.25) is 9.59 Å². The van der Waals surface area contributed by atoms with Gasteiger partial charge in [0.1, 0.15) is 0 Å². The van der Waals surface area contributed by atoms with Crippen LogP contribution < -0.4 is 9.47 Å². The molecule has 1 atom stereocenters. The molecule has 2 aromatic rings. The summed E-state index contributed by atoms with van der Waals surface area (Å²) < 4.78 is 10.4. The number of aliphatic hydroxyl groups is 2. The van der Waals surface area contributed by atoms with Crippen molar-refractivity contribution < 1.29 is 29.3 Å². The van der Waals surface area contributed by atoms with E-state index >= 15 is 0 Å². The Labute approximate surface area is 187 Å². The maximum absolute atomic E-state index is 12.7. The van der Waals surface area contributed by atoms with Gasteiger partial charge in [0.2, 0.25) is 0 Å². The van der Waals surface area contributed by atoms with Crippen LogP contribution in [0.3, 0.4) is 0 Å². The van der Waals surface area contributed by atoms with Gasteiger partial charge in [-0.25, -0.2) is 0 Å². The summed E-state index contributed by atoms with van der Waals surface area (Å²) in [6.45, 7) is -0.422. The molecule has 1 unspecified atom stereocenters. The lowest BCUT2D eigenvalue weighted by molar-refractivity contribution is -0.127. The van der Waals surface area contributed by atoms with E-state index in [0.29, 0.717) is 33.8 Å². The van der Waals surface area contributed by atoms with E-state index in [4.69, 9.17) is 15.9 Å². The molecule has 32 heavy (non-hydrogen) atoms. The van der Waals surface area contributed by atoms with Gasteiger partial charge < -0.3 is 19.7 Å². The molecule has 0 radical (unpaired) electrons. The van der Waals surface area contributed by atoms with Crippen molar-refractivity contribution in [2.45, 2.75) is 19.6 Å². The fourth-order valence-electron chi connectivity index (χ4n) is 3.06. The average Bonchev–Trinajstić information content (AvgIpc) is 2.83. The predicted molar refractivity (Wildman–Crippen MR) is 123 cm³/mol. The van der Waals surface area contributed by atoms with Gasteiger partial charge in [-0.05, 0) is 52.6 Å². The SMILES string of the molecule is C#CCC(C(=O)/C=C/c1ccc(CO)c(CO)c1)C(=O)/C=C/c1ccc(OC)c(OC)c1. The lowest BCUT2D eigenvalue weighted by atomic mass is 9.93. The number of aliphatic hydroxyl groups excluding tert-OH is 2. The zero-order valence-electron chi connectivity index (χ0n) is 18.1. The quantitative estimate of drug-likeness (QED) is 0.321. The van der Waals surface area contributed by atoms with Gasteiger partial charge in [-0.2, -0.15) is 0 Å². The molecule has 2 aromatic carbocycles. The Hall–Kier alpha value is -3.66. The third kappa shape index (κ3) is 6.42. The van der Waals surface area contributed by atoms with Crippen LogP contribution in [0.25, 0.3) is 12.2 Å². The fourth-order valence-corrected chi connectivity index (χ4v) is 3.06. The first kappa shape index (κ1) is 24.6. The van der Waals surface area contributed by atoms with Crippen LogP contribution in [0.2, 0.25) is 0 Å². The average molecular weight is 434 g/mol. The molecule has 6 heteroatoms. The summed E-state index contributed by atoms with van der Waals surface area (Å²) in [6, 6.07) is 10.3. The van der Waals surface area contributed by atoms with Gasteiger partial charge in [-0.1, -0.05) is 30.4 Å². The van der Waals surface area contributed by atoms with Crippen molar-refractivity contribution in [3.05, 3.63) is 70.8 Å². The zero-order chi connectivity index (χ0) is 23.5. The second kappa shape index (κ2) is 12.3. The molecule has 2 rings (SSSR count). The van der Waals surface area contributed by atoms with Crippen LogP contribution in [0.5, 0.6) is 11.5 Å². The summed E-state index contributed by atoms with van der Waals surface area (Å²) in [5.41, 5.74) is 2.54. The third-order valence-corrected chi connectivity index (χ3v) is 4.87. The first-order valence-corrected chi connectivity index (χ1v) is 9.90. The molecule has 0 spiro atoms. The monoisotopic (exact) mass is 434 g/mol. The normalized spacial score (nSPS) is 12.0. The molecule has 0 heterocycles. The number of ether oxygens (including phenoxy) is 2. The highest BCUT2D eigenvalue weighted by Crippen LogP contribution is 2.28. The number of allylic oxidation sites excluding steroid dienone is 2. The largest absolute Gasteiger partial charge is 0.493 e. The number of rotatable bonds is 11. The molecule has 0 aliphatic heterocycles. The van der Waals surface area contributed by atoms with Gasteiger partial charge in [0.15, 0.2) is 23.1 Å². The van der Waals surface area contributed by atoms with Crippen LogP contribution in [0.15, 0.2) is 48.6 Å². The van der Waals surface area contributed by atoms with Crippen molar-refractivity contribution >= 4 is 23.7 Å². The van der Waals surface area contributed by atoms with E-state index in [9.17, 15) is 19.8 Å². The molecule has 0 aromatic heterocycles. The molecule has 0 saturated carbocycles. The van der Waals surface area contributed by atoms with Crippen LogP contribution in [0.1, 0.15) is 28.7 Å². The minimum Gasteiger partial charge on any atom is -0.493 e. The van der Waals surface area contributed by atoms with Gasteiger partial charge in [0.25, 0.3) is 0 Å². The lowest BCUT2D eigenvalue weighted by Gasteiger charge is -2.09. The molecule has 0 amide bonds. The molecule has 0 fully saturated rings. The van der Waals surface area contributed by atoms with Gasteiger partial charge >= 0.3 is 0 Å². The summed E-state index contributed by atoms with van der Waals surface area (Å²) >= 11 is 0. The Balaban J connectivity index is 2.17. The summed E-state index contributed by atoms with van der Waals surface area (Å²) in [5.74, 6) is 1.66. The number of methoxy groups -OCH3 is 2. The number of terminal acetylenes is 1. The van der Waals surface area contributed by atoms with Gasteiger partial charge in [0.05, 0.1) is 33.4 Å². The third-order valence-electron chi connectivity index (χ3n) is 4.87. The first-order valence-electron chi connectivity index (χ1n) is 9.90. The number of carbonyl (C=O) groups excluding carboxylic acids is 2. The van der Waals surface area contributed by atoms with E-state index < -0.39 is 17.5 Å². The summed E-state index contributed by atoms with van der Waals surface area (Å²) in [4.78, 5) is 25.3. The summed E-state index contributed by atoms with van der Waals surface area (Å²) in [7, 11) is 3.05. The van der Waals surface area contributed by atoms with E-state index in [1.165, 1.54) is 26.4 Å². The second-order valence-electron chi connectivity index (χ2n) is 6.89. The fraction of sp³-hybridized carbons (Fsp3) is 0.231. The number of hydrogen-bond acceptors (Lipinski definition) is 6. The van der Waals surface area contributed by atoms with Crippen molar-refractivity contribution in [1.82, 2.24) is 0 Å². The van der Waals surface area contributed by atoms with Crippen LogP contribution in [-0.2, 0) is 22.8 Å². The molecule has 2 N–H and O–H groups in total. The maximum Gasteiger partial charge on any atom is 0.167 e. The number of ketones is 2. The standard InChI is InChI=1S/C26H26O6/c1-4-5-22(23(29)11-7-18-6-10-20(16-27)21(14-18)17-28)24(30)12-8-19-9-13-25(31-2)26(15-19)32-3/h1,6-15,22,27-28H,5,16-17H2,2-3H3/b11-7+,12-8+. The van der Waals surface area contributed by atoms with E-state index in [2.05, 4.69) is 5.92 Å². The molecular formula is C26H26O6. The highest BCUT2D eigenvalue weighted by molar-refractivity contribution is 6.13. The van der Waals surface area contributed by atoms with Crippen LogP contribution in [0.4, 0.5) is 0 Å². The number of carbonyl (C=O) groups is 2. The molecule has 0 aliphatic rings. The van der Waals surface area contributed by atoms with Gasteiger partial charge in [0, 0.05) is 6.42 Å². The van der Waals surface area contributed by atoms with E-state index in [1.54, 1.807) is 48.6 Å². The molecule has 6 nitrogen and oxygen atoms in total. The van der Waals surface area contributed by atoms with Crippen molar-refractivity contribution in [2.75, 3.05) is 14.2 Å². The van der Waals surface area contributed by atoms with Crippen molar-refractivity contribution in [2.24, 2.45) is 5.92 Å². The highest BCUT2D eigenvalue weighted by atomic mass is 16.5. The van der Waals surface area contributed by atoms with E-state index in [0.717, 1.165) is 0 Å². The second-order valence-corrected chi connectivity index (χ2v) is 6.89. The lowest BCUT2D eigenvalue weighted by Crippen LogP contribution is -2.20. The van der Waals surface area contributed by atoms with Crippen molar-refractivity contribution in [3.8, 4) is 23.8 Å². The molecule has 0 bridgehead atoms. The predicted octanol–water partition coefficient (Wildman–Crippen LogP) is 3.19. The Morgan fingerprint density at radius 2 is 1.47 bits per heavy atom. The van der Waals surface area contributed by atoms with Crippen LogP contribution >= 0.6 is 0 Å². The molecule has 0 saturated heterocycles. The Morgan fingerprint density at radius 3 is 2.00 bits per heavy atom. The summed E-state index contributed by atoms with van der Waals surface area (Å²) in [6.07, 6.45) is 11.1. The molecule has 0 aliphatic carbocycles. The van der Waals surface area contributed by atoms with Crippen molar-refractivity contribution in [1.29, 1.82) is 0 Å². The topological polar surface area (TPSA) is 93.1 Å². The minimum absolute atomic E-state index is 0.0242. The zero-order valence-corrected chi connectivity index (χ0v) is 18.1. The minimum atomic E-state index is -0.998. The number of benzene rings is 2. The summed E-state index contributed by atoms with van der Waals surface area (Å²) in [5, 5.41) is 18.7. The van der Waals surface area contributed by atoms with Crippen LogP contribution in [0, 0.1) is 18.3 Å².